The third kappa shape index (κ3) is 3.68. The molecule has 1 aromatic heterocycles. The minimum absolute atomic E-state index is 0.0715. The maximum Gasteiger partial charge on any atom is 0.246 e. The molecule has 5 heteroatoms. The third-order valence-corrected chi connectivity index (χ3v) is 2.99. The van der Waals surface area contributed by atoms with E-state index in [1.165, 1.54) is 0 Å². The molecule has 0 atom stereocenters. The number of anilines is 1. The molecule has 2 aromatic rings. The van der Waals surface area contributed by atoms with Gasteiger partial charge >= 0.3 is 0 Å². The maximum atomic E-state index is 12.0. The molecule has 0 aliphatic heterocycles. The third-order valence-electron chi connectivity index (χ3n) is 2.99. The molecule has 1 aromatic carbocycles. The second-order valence-corrected chi connectivity index (χ2v) is 4.86. The van der Waals surface area contributed by atoms with E-state index in [4.69, 9.17) is 0 Å². The molecule has 0 saturated carbocycles. The Balaban J connectivity index is 2.01. The van der Waals surface area contributed by atoms with Gasteiger partial charge in [0.15, 0.2) is 0 Å². The Morgan fingerprint density at radius 1 is 1.30 bits per heavy atom. The number of benzene rings is 1. The highest BCUT2D eigenvalue weighted by Gasteiger charge is 2.07. The lowest BCUT2D eigenvalue weighted by atomic mass is 10.2. The minimum Gasteiger partial charge on any atom is -0.324 e. The molecule has 0 fully saturated rings. The van der Waals surface area contributed by atoms with E-state index in [0.717, 1.165) is 29.2 Å². The molecule has 0 radical (unpaired) electrons. The number of aryl methyl sites for hydroxylation is 2. The molecular weight excluding hydrogens is 252 g/mol. The largest absolute Gasteiger partial charge is 0.324 e. The zero-order chi connectivity index (χ0) is 14.5. The first-order valence-electron chi connectivity index (χ1n) is 6.63. The number of aromatic nitrogens is 2. The summed E-state index contributed by atoms with van der Waals surface area (Å²) in [5, 5.41) is 10.3. The van der Waals surface area contributed by atoms with E-state index in [1.807, 2.05) is 51.2 Å². The predicted molar refractivity (Wildman–Crippen MR) is 79.5 cm³/mol. The van der Waals surface area contributed by atoms with Crippen LogP contribution in [0.5, 0.6) is 0 Å². The summed E-state index contributed by atoms with van der Waals surface area (Å²) in [6.45, 7) is 4.88. The number of nitrogens with one attached hydrogen (secondary N) is 2. The van der Waals surface area contributed by atoms with Crippen molar-refractivity contribution in [3.8, 4) is 0 Å². The van der Waals surface area contributed by atoms with Gasteiger partial charge in [0, 0.05) is 17.9 Å². The minimum atomic E-state index is -0.0715. The van der Waals surface area contributed by atoms with E-state index in [2.05, 4.69) is 15.7 Å². The first-order valence-corrected chi connectivity index (χ1v) is 6.63. The van der Waals surface area contributed by atoms with Gasteiger partial charge in [-0.15, -0.1) is 0 Å². The molecule has 1 amide bonds. The van der Waals surface area contributed by atoms with Crippen molar-refractivity contribution in [3.05, 3.63) is 47.3 Å². The molecule has 0 aliphatic rings. The Morgan fingerprint density at radius 2 is 2.10 bits per heavy atom. The van der Waals surface area contributed by atoms with Crippen LogP contribution in [-0.4, -0.2) is 22.7 Å². The zero-order valence-corrected chi connectivity index (χ0v) is 12.1. The molecule has 106 valence electrons. The van der Waals surface area contributed by atoms with Gasteiger partial charge in [-0.3, -0.25) is 9.48 Å². The molecule has 1 heterocycles. The van der Waals surface area contributed by atoms with E-state index in [0.29, 0.717) is 0 Å². The van der Waals surface area contributed by atoms with E-state index in [9.17, 15) is 4.79 Å². The van der Waals surface area contributed by atoms with E-state index in [1.54, 1.807) is 4.68 Å². The number of hydrogen-bond acceptors (Lipinski definition) is 3. The number of rotatable bonds is 5. The summed E-state index contributed by atoms with van der Waals surface area (Å²) < 4.78 is 1.71. The fourth-order valence-corrected chi connectivity index (χ4v) is 2.13. The van der Waals surface area contributed by atoms with Crippen LogP contribution < -0.4 is 10.6 Å². The van der Waals surface area contributed by atoms with Crippen molar-refractivity contribution in [2.75, 3.05) is 12.4 Å². The van der Waals surface area contributed by atoms with Crippen LogP contribution in [0.15, 0.2) is 30.3 Å². The van der Waals surface area contributed by atoms with Crippen LogP contribution in [0.2, 0.25) is 0 Å². The fourth-order valence-electron chi connectivity index (χ4n) is 2.13. The van der Waals surface area contributed by atoms with Gasteiger partial charge in [-0.1, -0.05) is 12.1 Å². The van der Waals surface area contributed by atoms with Gasteiger partial charge in [-0.25, -0.2) is 0 Å². The molecule has 2 N–H and O–H groups in total. The molecule has 2 rings (SSSR count). The van der Waals surface area contributed by atoms with Gasteiger partial charge < -0.3 is 10.6 Å². The predicted octanol–water partition coefficient (Wildman–Crippen LogP) is 1.86. The number of carbonyl (C=O) groups excluding carboxylic acids is 1. The summed E-state index contributed by atoms with van der Waals surface area (Å²) >= 11 is 0. The van der Waals surface area contributed by atoms with Crippen LogP contribution in [0.3, 0.4) is 0 Å². The van der Waals surface area contributed by atoms with Crippen LogP contribution in [0.4, 0.5) is 5.69 Å². The highest BCUT2D eigenvalue weighted by atomic mass is 16.2. The summed E-state index contributed by atoms with van der Waals surface area (Å²) in [4.78, 5) is 12.0. The van der Waals surface area contributed by atoms with E-state index < -0.39 is 0 Å². The quantitative estimate of drug-likeness (QED) is 0.873. The van der Waals surface area contributed by atoms with Crippen molar-refractivity contribution in [2.45, 2.75) is 26.9 Å². The molecule has 0 bridgehead atoms. The SMILES string of the molecule is CNCc1cccc(NC(=O)Cn2nc(C)cc2C)c1. The Kier molecular flexibility index (Phi) is 4.53. The Bertz CT molecular complexity index is 604. The lowest BCUT2D eigenvalue weighted by Crippen LogP contribution is -2.20. The van der Waals surface area contributed by atoms with E-state index >= 15 is 0 Å². The molecular formula is C15H20N4O. The highest BCUT2D eigenvalue weighted by Crippen LogP contribution is 2.11. The fraction of sp³-hybridized carbons (Fsp3) is 0.333. The average Bonchev–Trinajstić information content (AvgIpc) is 2.68. The molecule has 0 spiro atoms. The smallest absolute Gasteiger partial charge is 0.246 e. The molecule has 5 nitrogen and oxygen atoms in total. The van der Waals surface area contributed by atoms with Gasteiger partial charge in [0.1, 0.15) is 6.54 Å². The average molecular weight is 272 g/mol. The van der Waals surface area contributed by atoms with Gasteiger partial charge in [-0.05, 0) is 44.7 Å². The van der Waals surface area contributed by atoms with Crippen LogP contribution >= 0.6 is 0 Å². The van der Waals surface area contributed by atoms with Gasteiger partial charge in [0.2, 0.25) is 5.91 Å². The molecule has 0 unspecified atom stereocenters. The van der Waals surface area contributed by atoms with Crippen molar-refractivity contribution in [3.63, 3.8) is 0 Å². The van der Waals surface area contributed by atoms with Crippen molar-refractivity contribution in [1.29, 1.82) is 0 Å². The van der Waals surface area contributed by atoms with Crippen molar-refractivity contribution in [2.24, 2.45) is 0 Å². The summed E-state index contributed by atoms with van der Waals surface area (Å²) in [6, 6.07) is 9.77. The summed E-state index contributed by atoms with van der Waals surface area (Å²) in [5.74, 6) is -0.0715. The van der Waals surface area contributed by atoms with E-state index in [-0.39, 0.29) is 12.5 Å². The highest BCUT2D eigenvalue weighted by molar-refractivity contribution is 5.90. The lowest BCUT2D eigenvalue weighted by Gasteiger charge is -2.08. The Labute approximate surface area is 119 Å². The van der Waals surface area contributed by atoms with Crippen LogP contribution in [0, 0.1) is 13.8 Å². The summed E-state index contributed by atoms with van der Waals surface area (Å²) in [5.41, 5.74) is 3.86. The molecule has 0 aliphatic carbocycles. The van der Waals surface area contributed by atoms with Crippen molar-refractivity contribution >= 4 is 11.6 Å². The number of hydrogen-bond donors (Lipinski definition) is 2. The Hall–Kier alpha value is -2.14. The van der Waals surface area contributed by atoms with Crippen LogP contribution in [0.1, 0.15) is 17.0 Å². The standard InChI is InChI=1S/C15H20N4O/c1-11-7-12(2)19(18-11)10-15(20)17-14-6-4-5-13(8-14)9-16-3/h4-8,16H,9-10H2,1-3H3,(H,17,20). The number of amides is 1. The molecule has 20 heavy (non-hydrogen) atoms. The summed E-state index contributed by atoms with van der Waals surface area (Å²) in [6.07, 6.45) is 0. The topological polar surface area (TPSA) is 58.9 Å². The zero-order valence-electron chi connectivity index (χ0n) is 12.1. The summed E-state index contributed by atoms with van der Waals surface area (Å²) in [7, 11) is 1.90. The second kappa shape index (κ2) is 6.34. The monoisotopic (exact) mass is 272 g/mol. The Morgan fingerprint density at radius 3 is 2.75 bits per heavy atom. The number of nitrogens with zero attached hydrogens (tertiary/aromatic N) is 2. The second-order valence-electron chi connectivity index (χ2n) is 4.86. The first kappa shape index (κ1) is 14.3. The van der Waals surface area contributed by atoms with Crippen LogP contribution in [0.25, 0.3) is 0 Å². The van der Waals surface area contributed by atoms with Crippen LogP contribution in [-0.2, 0) is 17.9 Å². The van der Waals surface area contributed by atoms with Gasteiger partial charge in [0.25, 0.3) is 0 Å². The van der Waals surface area contributed by atoms with Crippen molar-refractivity contribution < 1.29 is 4.79 Å². The van der Waals surface area contributed by atoms with Gasteiger partial charge in [0.05, 0.1) is 5.69 Å². The number of carbonyl (C=O) groups is 1. The lowest BCUT2D eigenvalue weighted by molar-refractivity contribution is -0.116. The van der Waals surface area contributed by atoms with Crippen molar-refractivity contribution in [1.82, 2.24) is 15.1 Å². The van der Waals surface area contributed by atoms with Gasteiger partial charge in [-0.2, -0.15) is 5.10 Å². The molecule has 0 saturated heterocycles. The first-order chi connectivity index (χ1) is 9.58. The maximum absolute atomic E-state index is 12.0. The normalized spacial score (nSPS) is 10.6.